The molecule has 0 aliphatic carbocycles. The first-order chi connectivity index (χ1) is 8.31. The van der Waals surface area contributed by atoms with Gasteiger partial charge in [0, 0.05) is 23.3 Å². The fourth-order valence-corrected chi connectivity index (χ4v) is 3.25. The Morgan fingerprint density at radius 3 is 3.00 bits per heavy atom. The third-order valence-electron chi connectivity index (χ3n) is 2.47. The number of benzene rings is 1. The maximum Gasteiger partial charge on any atom is 0.0983 e. The summed E-state index contributed by atoms with van der Waals surface area (Å²) in [4.78, 5) is 8.74. The molecule has 3 aromatic rings. The minimum Gasteiger partial charge on any atom is -0.264 e. The van der Waals surface area contributed by atoms with Crippen LogP contribution >= 0.6 is 27.3 Å². The summed E-state index contributed by atoms with van der Waals surface area (Å²) in [7, 11) is 0. The van der Waals surface area contributed by atoms with Gasteiger partial charge >= 0.3 is 0 Å². The summed E-state index contributed by atoms with van der Waals surface area (Å²) < 4.78 is 2.32. The molecule has 17 heavy (non-hydrogen) atoms. The van der Waals surface area contributed by atoms with Gasteiger partial charge in [-0.2, -0.15) is 0 Å². The van der Waals surface area contributed by atoms with Crippen LogP contribution < -0.4 is 0 Å². The van der Waals surface area contributed by atoms with E-state index in [0.717, 1.165) is 21.4 Å². The predicted molar refractivity (Wildman–Crippen MR) is 74.4 cm³/mol. The van der Waals surface area contributed by atoms with E-state index in [2.05, 4.69) is 38.0 Å². The fourth-order valence-electron chi connectivity index (χ4n) is 1.70. The Morgan fingerprint density at radius 2 is 2.18 bits per heavy atom. The maximum absolute atomic E-state index is 4.62. The number of nitrogens with zero attached hydrogens (tertiary/aromatic N) is 2. The molecule has 4 heteroatoms. The molecule has 3 rings (SSSR count). The van der Waals surface area contributed by atoms with Gasteiger partial charge in [-0.1, -0.05) is 22.0 Å². The van der Waals surface area contributed by atoms with Crippen molar-refractivity contribution < 1.29 is 0 Å². The minimum absolute atomic E-state index is 0.852. The molecule has 0 atom stereocenters. The molecule has 0 saturated heterocycles. The molecule has 0 fully saturated rings. The van der Waals surface area contributed by atoms with E-state index in [1.807, 2.05) is 24.4 Å². The van der Waals surface area contributed by atoms with Crippen molar-refractivity contribution in [3.63, 3.8) is 0 Å². The van der Waals surface area contributed by atoms with E-state index in [1.54, 1.807) is 17.5 Å². The topological polar surface area (TPSA) is 25.8 Å². The lowest BCUT2D eigenvalue weighted by molar-refractivity contribution is 1.12. The molecule has 2 aromatic heterocycles. The molecule has 0 spiro atoms. The Morgan fingerprint density at radius 1 is 1.24 bits per heavy atom. The van der Waals surface area contributed by atoms with Crippen molar-refractivity contribution in [2.45, 2.75) is 6.42 Å². The number of halogens is 1. The van der Waals surface area contributed by atoms with E-state index in [0.29, 0.717) is 0 Å². The Balaban J connectivity index is 1.96. The van der Waals surface area contributed by atoms with E-state index >= 15 is 0 Å². The van der Waals surface area contributed by atoms with Gasteiger partial charge in [0.25, 0.3) is 0 Å². The zero-order valence-electron chi connectivity index (χ0n) is 8.93. The molecule has 0 radical (unpaired) electrons. The van der Waals surface area contributed by atoms with Crippen LogP contribution in [0.5, 0.6) is 0 Å². The lowest BCUT2D eigenvalue weighted by Crippen LogP contribution is -1.86. The lowest BCUT2D eigenvalue weighted by Gasteiger charge is -1.94. The summed E-state index contributed by atoms with van der Waals surface area (Å²) in [6.07, 6.45) is 4.53. The third-order valence-corrected chi connectivity index (χ3v) is 3.98. The van der Waals surface area contributed by atoms with Crippen molar-refractivity contribution in [2.75, 3.05) is 0 Å². The van der Waals surface area contributed by atoms with Crippen LogP contribution in [-0.2, 0) is 6.42 Å². The van der Waals surface area contributed by atoms with E-state index in [4.69, 9.17) is 0 Å². The molecule has 0 saturated carbocycles. The first-order valence-corrected chi connectivity index (χ1v) is 6.86. The largest absolute Gasteiger partial charge is 0.264 e. The highest BCUT2D eigenvalue weighted by atomic mass is 79.9. The summed E-state index contributed by atoms with van der Waals surface area (Å²) in [5.41, 5.74) is 2.27. The number of hydrogen-bond donors (Lipinski definition) is 0. The predicted octanol–water partition coefficient (Wildman–Crippen LogP) is 4.04. The first kappa shape index (κ1) is 10.9. The van der Waals surface area contributed by atoms with E-state index in [-0.39, 0.29) is 0 Å². The molecule has 0 N–H and O–H groups in total. The van der Waals surface area contributed by atoms with Gasteiger partial charge < -0.3 is 0 Å². The van der Waals surface area contributed by atoms with Gasteiger partial charge in [-0.25, -0.2) is 4.98 Å². The van der Waals surface area contributed by atoms with Crippen LogP contribution in [0.15, 0.2) is 47.2 Å². The molecular weight excluding hydrogens is 296 g/mol. The highest BCUT2D eigenvalue weighted by molar-refractivity contribution is 9.10. The monoisotopic (exact) mass is 304 g/mol. The average Bonchev–Trinajstić information content (AvgIpc) is 2.71. The molecule has 0 bridgehead atoms. The van der Waals surface area contributed by atoms with Crippen molar-refractivity contribution in [3.8, 4) is 0 Å². The maximum atomic E-state index is 4.62. The lowest BCUT2D eigenvalue weighted by atomic mass is 10.2. The Hall–Kier alpha value is -1.26. The van der Waals surface area contributed by atoms with Crippen LogP contribution in [0.25, 0.3) is 10.2 Å². The van der Waals surface area contributed by atoms with Crippen molar-refractivity contribution in [3.05, 3.63) is 57.8 Å². The normalized spacial score (nSPS) is 10.9. The van der Waals surface area contributed by atoms with Gasteiger partial charge in [-0.05, 0) is 29.8 Å². The van der Waals surface area contributed by atoms with Gasteiger partial charge in [0.15, 0.2) is 0 Å². The Kier molecular flexibility index (Phi) is 2.91. The molecular formula is C13H9BrN2S. The average molecular weight is 305 g/mol. The highest BCUT2D eigenvalue weighted by Gasteiger charge is 2.05. The summed E-state index contributed by atoms with van der Waals surface area (Å²) >= 11 is 5.21. The number of pyridine rings is 1. The molecule has 2 heterocycles. The van der Waals surface area contributed by atoms with Gasteiger partial charge in [-0.3, -0.25) is 4.98 Å². The van der Waals surface area contributed by atoms with E-state index in [9.17, 15) is 0 Å². The second-order valence-corrected chi connectivity index (χ2v) is 5.79. The molecule has 0 aliphatic heterocycles. The molecule has 2 nitrogen and oxygen atoms in total. The van der Waals surface area contributed by atoms with Crippen molar-refractivity contribution in [1.82, 2.24) is 9.97 Å². The van der Waals surface area contributed by atoms with Crippen molar-refractivity contribution in [2.24, 2.45) is 0 Å². The van der Waals surface area contributed by atoms with Crippen LogP contribution in [0.3, 0.4) is 0 Å². The van der Waals surface area contributed by atoms with Gasteiger partial charge in [-0.15, -0.1) is 11.3 Å². The summed E-state index contributed by atoms with van der Waals surface area (Å²) in [5.74, 6) is 0. The van der Waals surface area contributed by atoms with E-state index in [1.165, 1.54) is 10.3 Å². The fraction of sp³-hybridized carbons (Fsp3) is 0.0769. The van der Waals surface area contributed by atoms with Crippen molar-refractivity contribution in [1.29, 1.82) is 0 Å². The first-order valence-electron chi connectivity index (χ1n) is 5.25. The van der Waals surface area contributed by atoms with Crippen LogP contribution in [0, 0.1) is 0 Å². The van der Waals surface area contributed by atoms with Gasteiger partial charge in [0.05, 0.1) is 15.2 Å². The smallest absolute Gasteiger partial charge is 0.0983 e. The quantitative estimate of drug-likeness (QED) is 0.714. The van der Waals surface area contributed by atoms with Crippen molar-refractivity contribution >= 4 is 37.5 Å². The molecule has 84 valence electrons. The molecule has 1 aromatic carbocycles. The Bertz CT molecular complexity index is 649. The molecule has 0 aliphatic rings. The number of rotatable bonds is 2. The zero-order valence-corrected chi connectivity index (χ0v) is 11.3. The summed E-state index contributed by atoms with van der Waals surface area (Å²) in [5, 5.41) is 1.13. The SMILES string of the molecule is Brc1ccc2nc(Cc3cccnc3)sc2c1. The second-order valence-electron chi connectivity index (χ2n) is 3.76. The standard InChI is InChI=1S/C13H9BrN2S/c14-10-3-4-11-12(7-10)17-13(16-11)6-9-2-1-5-15-8-9/h1-5,7-8H,6H2. The van der Waals surface area contributed by atoms with Crippen LogP contribution in [0.1, 0.15) is 10.6 Å². The Labute approximate surface area is 111 Å². The number of fused-ring (bicyclic) bond motifs is 1. The van der Waals surface area contributed by atoms with Crippen LogP contribution in [-0.4, -0.2) is 9.97 Å². The van der Waals surface area contributed by atoms with Crippen LogP contribution in [0.2, 0.25) is 0 Å². The number of thiazole rings is 1. The summed E-state index contributed by atoms with van der Waals surface area (Å²) in [6.45, 7) is 0. The second kappa shape index (κ2) is 4.55. The van der Waals surface area contributed by atoms with Gasteiger partial charge in [0.2, 0.25) is 0 Å². The van der Waals surface area contributed by atoms with Gasteiger partial charge in [0.1, 0.15) is 0 Å². The zero-order chi connectivity index (χ0) is 11.7. The van der Waals surface area contributed by atoms with E-state index < -0.39 is 0 Å². The summed E-state index contributed by atoms with van der Waals surface area (Å²) in [6, 6.07) is 10.2. The molecule has 0 unspecified atom stereocenters. The number of aromatic nitrogens is 2. The third kappa shape index (κ3) is 2.37. The molecule has 0 amide bonds. The minimum atomic E-state index is 0.852. The number of hydrogen-bond acceptors (Lipinski definition) is 3. The van der Waals surface area contributed by atoms with Crippen LogP contribution in [0.4, 0.5) is 0 Å². The highest BCUT2D eigenvalue weighted by Crippen LogP contribution is 2.26.